The Hall–Kier alpha value is -1.03. The highest BCUT2D eigenvalue weighted by Gasteiger charge is 2.12. The summed E-state index contributed by atoms with van der Waals surface area (Å²) in [7, 11) is 1.67. The summed E-state index contributed by atoms with van der Waals surface area (Å²) in [5, 5.41) is 6.40. The lowest BCUT2D eigenvalue weighted by Crippen LogP contribution is -2.20. The van der Waals surface area contributed by atoms with Crippen molar-refractivity contribution in [2.45, 2.75) is 25.9 Å². The first-order valence-corrected chi connectivity index (χ1v) is 7.60. The second kappa shape index (κ2) is 6.94. The first-order valence-electron chi connectivity index (χ1n) is 6.34. The average molecular weight is 296 g/mol. The molecular formula is C15H18ClNOS. The van der Waals surface area contributed by atoms with Crippen molar-refractivity contribution in [2.24, 2.45) is 0 Å². The van der Waals surface area contributed by atoms with Crippen LogP contribution in [0.4, 0.5) is 0 Å². The maximum atomic E-state index is 6.24. The van der Waals surface area contributed by atoms with E-state index in [0.717, 1.165) is 22.8 Å². The molecule has 19 heavy (non-hydrogen) atoms. The molecule has 0 aliphatic carbocycles. The summed E-state index contributed by atoms with van der Waals surface area (Å²) >= 11 is 8.02. The molecule has 1 heterocycles. The molecule has 0 amide bonds. The quantitative estimate of drug-likeness (QED) is 0.837. The monoisotopic (exact) mass is 295 g/mol. The zero-order chi connectivity index (χ0) is 13.7. The highest BCUT2D eigenvalue weighted by Crippen LogP contribution is 2.28. The van der Waals surface area contributed by atoms with E-state index >= 15 is 0 Å². The molecule has 2 nitrogen and oxygen atoms in total. The van der Waals surface area contributed by atoms with Gasteiger partial charge in [0.1, 0.15) is 5.75 Å². The first-order chi connectivity index (χ1) is 9.26. The van der Waals surface area contributed by atoms with E-state index in [0.29, 0.717) is 12.6 Å². The lowest BCUT2D eigenvalue weighted by molar-refractivity contribution is 0.405. The summed E-state index contributed by atoms with van der Waals surface area (Å²) in [4.78, 5) is 1.36. The van der Waals surface area contributed by atoms with Crippen LogP contribution in [0.25, 0.3) is 0 Å². The number of halogens is 1. The molecule has 1 aromatic heterocycles. The van der Waals surface area contributed by atoms with Crippen molar-refractivity contribution in [3.8, 4) is 5.75 Å². The van der Waals surface area contributed by atoms with Crippen LogP contribution in [0.15, 0.2) is 35.7 Å². The Balaban J connectivity index is 2.09. The van der Waals surface area contributed by atoms with Gasteiger partial charge in [0, 0.05) is 28.0 Å². The van der Waals surface area contributed by atoms with Crippen LogP contribution in [0.3, 0.4) is 0 Å². The number of hydrogen-bond acceptors (Lipinski definition) is 3. The minimum Gasteiger partial charge on any atom is -0.496 e. The van der Waals surface area contributed by atoms with E-state index in [9.17, 15) is 0 Å². The molecule has 1 aromatic carbocycles. The van der Waals surface area contributed by atoms with Gasteiger partial charge >= 0.3 is 0 Å². The van der Waals surface area contributed by atoms with Crippen LogP contribution in [0, 0.1) is 0 Å². The summed E-state index contributed by atoms with van der Waals surface area (Å²) in [6, 6.07) is 10.3. The second-order valence-electron chi connectivity index (χ2n) is 4.28. The molecule has 2 aromatic rings. The molecule has 102 valence electrons. The van der Waals surface area contributed by atoms with Crippen molar-refractivity contribution in [1.82, 2.24) is 5.32 Å². The topological polar surface area (TPSA) is 21.3 Å². The number of benzene rings is 1. The molecule has 0 bridgehead atoms. The molecule has 2 rings (SSSR count). The second-order valence-corrected chi connectivity index (χ2v) is 5.66. The molecular weight excluding hydrogens is 278 g/mol. The molecule has 0 radical (unpaired) electrons. The highest BCUT2D eigenvalue weighted by molar-refractivity contribution is 7.10. The molecule has 0 saturated heterocycles. The van der Waals surface area contributed by atoms with Gasteiger partial charge in [0.25, 0.3) is 0 Å². The molecule has 1 unspecified atom stereocenters. The van der Waals surface area contributed by atoms with Crippen LogP contribution < -0.4 is 10.1 Å². The highest BCUT2D eigenvalue weighted by atomic mass is 35.5. The fourth-order valence-electron chi connectivity index (χ4n) is 2.06. The van der Waals surface area contributed by atoms with Gasteiger partial charge in [0.15, 0.2) is 0 Å². The van der Waals surface area contributed by atoms with Gasteiger partial charge < -0.3 is 10.1 Å². The van der Waals surface area contributed by atoms with Gasteiger partial charge in [0.2, 0.25) is 0 Å². The minimum atomic E-state index is 0.362. The Morgan fingerprint density at radius 3 is 2.79 bits per heavy atom. The maximum absolute atomic E-state index is 6.24. The van der Waals surface area contributed by atoms with Gasteiger partial charge in [-0.15, -0.1) is 11.3 Å². The van der Waals surface area contributed by atoms with Crippen molar-refractivity contribution in [1.29, 1.82) is 0 Å². The SMILES string of the molecule is CCC(NCc1c(Cl)cccc1OC)c1cccs1. The largest absolute Gasteiger partial charge is 0.496 e. The van der Waals surface area contributed by atoms with E-state index in [1.165, 1.54) is 4.88 Å². The molecule has 1 atom stereocenters. The van der Waals surface area contributed by atoms with Crippen molar-refractivity contribution in [3.05, 3.63) is 51.2 Å². The zero-order valence-corrected chi connectivity index (χ0v) is 12.7. The molecule has 0 spiro atoms. The predicted octanol–water partition coefficient (Wildman–Crippen LogP) is 4.65. The third-order valence-corrected chi connectivity index (χ3v) is 4.46. The lowest BCUT2D eigenvalue weighted by Gasteiger charge is -2.17. The summed E-state index contributed by atoms with van der Waals surface area (Å²) in [5.41, 5.74) is 1.02. The standard InChI is InChI=1S/C15H18ClNOS/c1-3-13(15-8-5-9-19-15)17-10-11-12(16)6-4-7-14(11)18-2/h4-9,13,17H,3,10H2,1-2H3. The van der Waals surface area contributed by atoms with E-state index < -0.39 is 0 Å². The van der Waals surface area contributed by atoms with Crippen molar-refractivity contribution >= 4 is 22.9 Å². The first kappa shape index (κ1) is 14.4. The number of thiophene rings is 1. The fourth-order valence-corrected chi connectivity index (χ4v) is 3.18. The number of nitrogens with one attached hydrogen (secondary N) is 1. The Morgan fingerprint density at radius 1 is 1.32 bits per heavy atom. The summed E-state index contributed by atoms with van der Waals surface area (Å²) in [5.74, 6) is 0.834. The van der Waals surface area contributed by atoms with Crippen LogP contribution in [0.2, 0.25) is 5.02 Å². The van der Waals surface area contributed by atoms with Crippen molar-refractivity contribution in [3.63, 3.8) is 0 Å². The van der Waals surface area contributed by atoms with E-state index in [1.54, 1.807) is 18.4 Å². The minimum absolute atomic E-state index is 0.362. The molecule has 0 aliphatic rings. The molecule has 0 saturated carbocycles. The summed E-state index contributed by atoms with van der Waals surface area (Å²) in [6.07, 6.45) is 1.05. The van der Waals surface area contributed by atoms with Gasteiger partial charge in [-0.25, -0.2) is 0 Å². The normalized spacial score (nSPS) is 12.4. The van der Waals surface area contributed by atoms with Gasteiger partial charge in [0.05, 0.1) is 7.11 Å². The van der Waals surface area contributed by atoms with Gasteiger partial charge in [-0.2, -0.15) is 0 Å². The predicted molar refractivity (Wildman–Crippen MR) is 82.2 cm³/mol. The third kappa shape index (κ3) is 3.50. The van der Waals surface area contributed by atoms with Crippen molar-refractivity contribution in [2.75, 3.05) is 7.11 Å². The maximum Gasteiger partial charge on any atom is 0.124 e. The van der Waals surface area contributed by atoms with Gasteiger partial charge in [-0.3, -0.25) is 0 Å². The summed E-state index contributed by atoms with van der Waals surface area (Å²) < 4.78 is 5.36. The smallest absolute Gasteiger partial charge is 0.124 e. The fraction of sp³-hybridized carbons (Fsp3) is 0.333. The number of rotatable bonds is 6. The van der Waals surface area contributed by atoms with Crippen LogP contribution in [0.5, 0.6) is 5.75 Å². The number of methoxy groups -OCH3 is 1. The molecule has 4 heteroatoms. The Bertz CT molecular complexity index is 513. The van der Waals surface area contributed by atoms with Crippen LogP contribution in [-0.2, 0) is 6.54 Å². The zero-order valence-electron chi connectivity index (χ0n) is 11.2. The van der Waals surface area contributed by atoms with Crippen LogP contribution in [0.1, 0.15) is 29.8 Å². The Morgan fingerprint density at radius 2 is 2.16 bits per heavy atom. The molecule has 0 fully saturated rings. The van der Waals surface area contributed by atoms with E-state index in [1.807, 2.05) is 18.2 Å². The Labute approximate surface area is 123 Å². The van der Waals surface area contributed by atoms with Gasteiger partial charge in [-0.05, 0) is 30.0 Å². The van der Waals surface area contributed by atoms with Crippen molar-refractivity contribution < 1.29 is 4.74 Å². The third-order valence-electron chi connectivity index (χ3n) is 3.12. The lowest BCUT2D eigenvalue weighted by atomic mass is 10.1. The van der Waals surface area contributed by atoms with E-state index in [4.69, 9.17) is 16.3 Å². The van der Waals surface area contributed by atoms with Crippen LogP contribution >= 0.6 is 22.9 Å². The molecule has 0 aliphatic heterocycles. The van der Waals surface area contributed by atoms with E-state index in [-0.39, 0.29) is 0 Å². The molecule has 1 N–H and O–H groups in total. The van der Waals surface area contributed by atoms with Crippen LogP contribution in [-0.4, -0.2) is 7.11 Å². The van der Waals surface area contributed by atoms with Gasteiger partial charge in [-0.1, -0.05) is 30.7 Å². The summed E-state index contributed by atoms with van der Waals surface area (Å²) in [6.45, 7) is 2.89. The Kier molecular flexibility index (Phi) is 5.25. The number of ether oxygens (including phenoxy) is 1. The average Bonchev–Trinajstić information content (AvgIpc) is 2.95. The number of hydrogen-bond donors (Lipinski definition) is 1. The van der Waals surface area contributed by atoms with E-state index in [2.05, 4.69) is 29.8 Å².